The first-order valence-corrected chi connectivity index (χ1v) is 9.85. The Kier molecular flexibility index (Phi) is 3.74. The average Bonchev–Trinajstić information content (AvgIpc) is 3.22. The standard InChI is InChI=1S/C20H18BrN5O2/c1-11-13-3-4-15-16(10-24(2)19(15)27)14(13)5-6-25(11)20(28)17-7-18-22-8-12(21)9-26(18)23-17/h3-4,7-11,27H,5-6H2,1-2H3. The number of hydrogen-bond acceptors (Lipinski definition) is 4. The second-order valence-corrected chi connectivity index (χ2v) is 8.10. The van der Waals surface area contributed by atoms with Crippen molar-refractivity contribution in [1.29, 1.82) is 0 Å². The van der Waals surface area contributed by atoms with Gasteiger partial charge in [0.25, 0.3) is 5.91 Å². The zero-order chi connectivity index (χ0) is 19.6. The van der Waals surface area contributed by atoms with Gasteiger partial charge >= 0.3 is 0 Å². The number of nitrogens with zero attached hydrogens (tertiary/aromatic N) is 5. The number of benzene rings is 1. The van der Waals surface area contributed by atoms with Gasteiger partial charge < -0.3 is 14.6 Å². The van der Waals surface area contributed by atoms with Gasteiger partial charge in [0.2, 0.25) is 0 Å². The lowest BCUT2D eigenvalue weighted by molar-refractivity contribution is 0.0672. The van der Waals surface area contributed by atoms with Crippen molar-refractivity contribution < 1.29 is 9.90 Å². The average molecular weight is 440 g/mol. The van der Waals surface area contributed by atoms with E-state index in [0.717, 1.165) is 27.2 Å². The number of aryl methyl sites for hydroxylation is 1. The fourth-order valence-corrected chi connectivity index (χ4v) is 4.41. The lowest BCUT2D eigenvalue weighted by atomic mass is 9.90. The molecule has 1 unspecified atom stereocenters. The molecule has 8 heteroatoms. The molecule has 1 aliphatic heterocycles. The predicted octanol–water partition coefficient (Wildman–Crippen LogP) is 3.45. The molecule has 4 aromatic rings. The number of hydrogen-bond donors (Lipinski definition) is 1. The van der Waals surface area contributed by atoms with Crippen LogP contribution in [0.2, 0.25) is 0 Å². The maximum Gasteiger partial charge on any atom is 0.274 e. The Morgan fingerprint density at radius 3 is 2.93 bits per heavy atom. The molecular weight excluding hydrogens is 422 g/mol. The second kappa shape index (κ2) is 6.07. The summed E-state index contributed by atoms with van der Waals surface area (Å²) in [5.74, 6) is 0.170. The van der Waals surface area contributed by atoms with Crippen molar-refractivity contribution in [2.24, 2.45) is 7.05 Å². The number of aromatic nitrogens is 4. The molecule has 5 rings (SSSR count). The van der Waals surface area contributed by atoms with E-state index in [9.17, 15) is 9.90 Å². The van der Waals surface area contributed by atoms with Crippen LogP contribution >= 0.6 is 15.9 Å². The number of rotatable bonds is 1. The van der Waals surface area contributed by atoms with Crippen molar-refractivity contribution in [3.63, 3.8) is 0 Å². The normalized spacial score (nSPS) is 16.7. The fourth-order valence-electron chi connectivity index (χ4n) is 4.12. The van der Waals surface area contributed by atoms with Gasteiger partial charge in [-0.1, -0.05) is 6.07 Å². The summed E-state index contributed by atoms with van der Waals surface area (Å²) in [5, 5.41) is 16.5. The molecule has 0 bridgehead atoms. The molecule has 7 nitrogen and oxygen atoms in total. The van der Waals surface area contributed by atoms with Gasteiger partial charge in [0.15, 0.2) is 17.2 Å². The zero-order valence-corrected chi connectivity index (χ0v) is 17.0. The smallest absolute Gasteiger partial charge is 0.274 e. The van der Waals surface area contributed by atoms with Crippen molar-refractivity contribution >= 4 is 38.3 Å². The summed E-state index contributed by atoms with van der Waals surface area (Å²) in [5.41, 5.74) is 3.34. The van der Waals surface area contributed by atoms with E-state index in [2.05, 4.69) is 26.0 Å². The molecule has 1 aromatic carbocycles. The molecular formula is C20H18BrN5O2. The first kappa shape index (κ1) is 17.2. The van der Waals surface area contributed by atoms with Crippen LogP contribution in [-0.4, -0.2) is 41.6 Å². The largest absolute Gasteiger partial charge is 0.494 e. The van der Waals surface area contributed by atoms with Crippen molar-refractivity contribution in [2.45, 2.75) is 19.4 Å². The van der Waals surface area contributed by atoms with Gasteiger partial charge in [-0.2, -0.15) is 5.10 Å². The third kappa shape index (κ3) is 2.44. The Morgan fingerprint density at radius 2 is 2.11 bits per heavy atom. The number of aromatic hydroxyl groups is 1. The molecule has 0 radical (unpaired) electrons. The molecule has 4 heterocycles. The summed E-state index contributed by atoms with van der Waals surface area (Å²) >= 11 is 3.37. The maximum atomic E-state index is 13.2. The van der Waals surface area contributed by atoms with Gasteiger partial charge in [0, 0.05) is 49.0 Å². The van der Waals surface area contributed by atoms with Crippen LogP contribution in [0.1, 0.15) is 34.6 Å². The van der Waals surface area contributed by atoms with Crippen molar-refractivity contribution in [3.05, 3.63) is 58.1 Å². The lowest BCUT2D eigenvalue weighted by Gasteiger charge is -2.35. The SMILES string of the molecule is CC1c2ccc3c(O)n(C)cc3c2CCN1C(=O)c1cc2ncc(Br)cn2n1. The van der Waals surface area contributed by atoms with Gasteiger partial charge in [-0.15, -0.1) is 0 Å². The van der Waals surface area contributed by atoms with Crippen LogP contribution < -0.4 is 0 Å². The topological polar surface area (TPSA) is 75.7 Å². The third-order valence-electron chi connectivity index (χ3n) is 5.57. The highest BCUT2D eigenvalue weighted by Crippen LogP contribution is 2.38. The second-order valence-electron chi connectivity index (χ2n) is 7.19. The van der Waals surface area contributed by atoms with Crippen LogP contribution in [0.25, 0.3) is 16.4 Å². The van der Waals surface area contributed by atoms with Crippen LogP contribution in [-0.2, 0) is 13.5 Å². The van der Waals surface area contributed by atoms with Crippen molar-refractivity contribution in [2.75, 3.05) is 6.54 Å². The van der Waals surface area contributed by atoms with E-state index in [1.807, 2.05) is 37.2 Å². The number of fused-ring (bicyclic) bond motifs is 4. The Hall–Kier alpha value is -2.87. The minimum atomic E-state index is -0.101. The minimum Gasteiger partial charge on any atom is -0.494 e. The molecule has 1 N–H and O–H groups in total. The van der Waals surface area contributed by atoms with E-state index >= 15 is 0 Å². The molecule has 0 saturated heterocycles. The van der Waals surface area contributed by atoms with E-state index in [-0.39, 0.29) is 17.8 Å². The van der Waals surface area contributed by atoms with Gasteiger partial charge in [-0.3, -0.25) is 4.79 Å². The van der Waals surface area contributed by atoms with E-state index in [4.69, 9.17) is 0 Å². The zero-order valence-electron chi connectivity index (χ0n) is 15.4. The number of amides is 1. The molecule has 0 fully saturated rings. The van der Waals surface area contributed by atoms with Crippen LogP contribution in [0.5, 0.6) is 5.88 Å². The van der Waals surface area contributed by atoms with Crippen LogP contribution in [0.3, 0.4) is 0 Å². The lowest BCUT2D eigenvalue weighted by Crippen LogP contribution is -2.39. The number of carbonyl (C=O) groups is 1. The minimum absolute atomic E-state index is 0.0764. The molecule has 1 aliphatic rings. The summed E-state index contributed by atoms with van der Waals surface area (Å²) in [4.78, 5) is 19.3. The summed E-state index contributed by atoms with van der Waals surface area (Å²) in [7, 11) is 1.83. The highest BCUT2D eigenvalue weighted by molar-refractivity contribution is 9.10. The molecule has 0 saturated carbocycles. The highest BCUT2D eigenvalue weighted by Gasteiger charge is 2.31. The van der Waals surface area contributed by atoms with E-state index in [0.29, 0.717) is 17.9 Å². The number of carbonyl (C=O) groups excluding carboxylic acids is 1. The maximum absolute atomic E-state index is 13.2. The van der Waals surface area contributed by atoms with E-state index < -0.39 is 0 Å². The third-order valence-corrected chi connectivity index (χ3v) is 5.98. The van der Waals surface area contributed by atoms with Gasteiger partial charge in [-0.05, 0) is 46.5 Å². The molecule has 142 valence electrons. The molecule has 1 amide bonds. The Labute approximate surface area is 169 Å². The Balaban J connectivity index is 1.53. The molecule has 3 aromatic heterocycles. The van der Waals surface area contributed by atoms with E-state index in [1.54, 1.807) is 27.5 Å². The van der Waals surface area contributed by atoms with Crippen LogP contribution in [0.15, 0.2) is 41.3 Å². The summed E-state index contributed by atoms with van der Waals surface area (Å²) < 4.78 is 4.14. The van der Waals surface area contributed by atoms with Crippen LogP contribution in [0.4, 0.5) is 0 Å². The highest BCUT2D eigenvalue weighted by atomic mass is 79.9. The van der Waals surface area contributed by atoms with Gasteiger partial charge in [0.05, 0.1) is 10.5 Å². The number of halogens is 1. The predicted molar refractivity (Wildman–Crippen MR) is 108 cm³/mol. The van der Waals surface area contributed by atoms with Crippen LogP contribution in [0, 0.1) is 0 Å². The summed E-state index contributed by atoms with van der Waals surface area (Å²) in [6.07, 6.45) is 6.17. The van der Waals surface area contributed by atoms with Gasteiger partial charge in [-0.25, -0.2) is 9.50 Å². The first-order valence-electron chi connectivity index (χ1n) is 9.05. The molecule has 28 heavy (non-hydrogen) atoms. The molecule has 0 aliphatic carbocycles. The summed E-state index contributed by atoms with van der Waals surface area (Å²) in [6.45, 7) is 2.64. The van der Waals surface area contributed by atoms with E-state index in [1.165, 1.54) is 5.56 Å². The fraction of sp³-hybridized carbons (Fsp3) is 0.250. The van der Waals surface area contributed by atoms with Crippen molar-refractivity contribution in [1.82, 2.24) is 24.1 Å². The first-order chi connectivity index (χ1) is 13.4. The Bertz CT molecular complexity index is 1260. The monoisotopic (exact) mass is 439 g/mol. The molecule has 1 atom stereocenters. The molecule has 0 spiro atoms. The Morgan fingerprint density at radius 1 is 1.29 bits per heavy atom. The van der Waals surface area contributed by atoms with Gasteiger partial charge in [0.1, 0.15) is 0 Å². The summed E-state index contributed by atoms with van der Waals surface area (Å²) in [6, 6.07) is 5.59. The van der Waals surface area contributed by atoms with Crippen molar-refractivity contribution in [3.8, 4) is 5.88 Å². The quantitative estimate of drug-likeness (QED) is 0.492.